The molecule has 0 saturated carbocycles. The Kier molecular flexibility index (Phi) is 5.99. The summed E-state index contributed by atoms with van der Waals surface area (Å²) in [7, 11) is 0. The first-order valence-corrected chi connectivity index (χ1v) is 7.35. The second-order valence-electron chi connectivity index (χ2n) is 5.50. The van der Waals surface area contributed by atoms with Crippen molar-refractivity contribution >= 4 is 16.8 Å². The van der Waals surface area contributed by atoms with Crippen LogP contribution in [0.5, 0.6) is 5.75 Å². The van der Waals surface area contributed by atoms with Crippen LogP contribution >= 0.6 is 0 Å². The second-order valence-corrected chi connectivity index (χ2v) is 5.50. The Morgan fingerprint density at radius 3 is 2.38 bits per heavy atom. The van der Waals surface area contributed by atoms with Gasteiger partial charge in [-0.25, -0.2) is 4.79 Å². The van der Waals surface area contributed by atoms with Crippen LogP contribution in [0.3, 0.4) is 0 Å². The van der Waals surface area contributed by atoms with Crippen LogP contribution in [0.1, 0.15) is 30.4 Å². The van der Waals surface area contributed by atoms with Crippen LogP contribution in [0.25, 0.3) is 11.0 Å². The van der Waals surface area contributed by atoms with E-state index in [1.54, 1.807) is 24.3 Å². The molecule has 4 nitrogen and oxygen atoms in total. The molecule has 0 bridgehead atoms. The van der Waals surface area contributed by atoms with Gasteiger partial charge >= 0.3 is 35.2 Å². The molecule has 0 fully saturated rings. The number of hydrogen-bond acceptors (Lipinski definition) is 4. The van der Waals surface area contributed by atoms with Crippen molar-refractivity contribution in [3.63, 3.8) is 0 Å². The van der Waals surface area contributed by atoms with E-state index in [9.17, 15) is 14.7 Å². The largest absolute Gasteiger partial charge is 1.00 e. The maximum Gasteiger partial charge on any atom is 1.00 e. The molecule has 0 amide bonds. The number of ketones is 1. The van der Waals surface area contributed by atoms with E-state index in [0.717, 1.165) is 5.56 Å². The van der Waals surface area contributed by atoms with Crippen molar-refractivity contribution in [2.75, 3.05) is 0 Å². The third-order valence-corrected chi connectivity index (χ3v) is 3.84. The summed E-state index contributed by atoms with van der Waals surface area (Å²) >= 11 is 0. The van der Waals surface area contributed by atoms with Crippen molar-refractivity contribution < 1.29 is 43.9 Å². The van der Waals surface area contributed by atoms with Gasteiger partial charge in [-0.15, -0.1) is 0 Å². The number of para-hydroxylation sites is 1. The molecule has 3 aromatic rings. The maximum atomic E-state index is 12.8. The van der Waals surface area contributed by atoms with Gasteiger partial charge < -0.3 is 9.52 Å². The topological polar surface area (TPSA) is 70.3 Å². The standard InChI is InChI=1S/C19H16O4.Na/c1-12(20)11-15(13-7-3-2-4-8-13)17-18(21)14-9-5-6-10-16(14)23-19(17)22;/h2-10,15,21H,11H2,1H3;/q;+1/p-1/t15-;/m0./s1. The third-order valence-electron chi connectivity index (χ3n) is 3.84. The van der Waals surface area contributed by atoms with E-state index in [-0.39, 0.29) is 58.7 Å². The van der Waals surface area contributed by atoms with Crippen molar-refractivity contribution in [3.8, 4) is 5.75 Å². The number of benzene rings is 2. The molecule has 0 saturated heterocycles. The monoisotopic (exact) mass is 330 g/mol. The fourth-order valence-electron chi connectivity index (χ4n) is 2.80. The summed E-state index contributed by atoms with van der Waals surface area (Å²) in [6, 6.07) is 15.7. The minimum Gasteiger partial charge on any atom is -0.872 e. The van der Waals surface area contributed by atoms with Gasteiger partial charge in [-0.1, -0.05) is 54.3 Å². The maximum absolute atomic E-state index is 12.8. The number of Topliss-reactive ketones (excluding diaryl/α,β-unsaturated/α-hetero) is 1. The molecule has 0 aliphatic rings. The molecular formula is C19H15NaO4. The number of fused-ring (bicyclic) bond motifs is 1. The molecular weight excluding hydrogens is 315 g/mol. The van der Waals surface area contributed by atoms with E-state index in [2.05, 4.69) is 0 Å². The predicted molar refractivity (Wildman–Crippen MR) is 85.5 cm³/mol. The molecule has 2 aromatic carbocycles. The van der Waals surface area contributed by atoms with Crippen LogP contribution in [0, 0.1) is 0 Å². The Bertz CT molecular complexity index is 916. The van der Waals surface area contributed by atoms with E-state index in [4.69, 9.17) is 4.42 Å². The van der Waals surface area contributed by atoms with Gasteiger partial charge in [0.2, 0.25) is 0 Å². The molecule has 0 unspecified atom stereocenters. The SMILES string of the molecule is CC(=O)C[C@@H](c1ccccc1)c1c([O-])c2ccccc2oc1=O.[Na+]. The zero-order valence-electron chi connectivity index (χ0n) is 13.6. The summed E-state index contributed by atoms with van der Waals surface area (Å²) in [4.78, 5) is 24.0. The predicted octanol–water partition coefficient (Wildman–Crippen LogP) is -0.0184. The molecule has 1 aromatic heterocycles. The minimum absolute atomic E-state index is 0. The van der Waals surface area contributed by atoms with Gasteiger partial charge in [0.25, 0.3) is 0 Å². The van der Waals surface area contributed by atoms with Crippen LogP contribution < -0.4 is 40.3 Å². The van der Waals surface area contributed by atoms with Gasteiger partial charge in [-0.3, -0.25) is 4.79 Å². The molecule has 0 aliphatic carbocycles. The Morgan fingerprint density at radius 1 is 1.08 bits per heavy atom. The van der Waals surface area contributed by atoms with Crippen LogP contribution in [-0.2, 0) is 4.79 Å². The van der Waals surface area contributed by atoms with E-state index >= 15 is 0 Å². The summed E-state index contributed by atoms with van der Waals surface area (Å²) in [5.74, 6) is -1.06. The summed E-state index contributed by atoms with van der Waals surface area (Å²) in [5, 5.41) is 13.1. The van der Waals surface area contributed by atoms with E-state index in [1.165, 1.54) is 6.92 Å². The Morgan fingerprint density at radius 2 is 1.71 bits per heavy atom. The molecule has 0 radical (unpaired) electrons. The van der Waals surface area contributed by atoms with Gasteiger partial charge in [0.15, 0.2) is 0 Å². The van der Waals surface area contributed by atoms with Crippen molar-refractivity contribution in [3.05, 3.63) is 76.1 Å². The van der Waals surface area contributed by atoms with E-state index in [0.29, 0.717) is 5.39 Å². The molecule has 3 rings (SSSR count). The molecule has 0 spiro atoms. The summed E-state index contributed by atoms with van der Waals surface area (Å²) in [6.07, 6.45) is 0.0857. The fourth-order valence-corrected chi connectivity index (χ4v) is 2.80. The zero-order chi connectivity index (χ0) is 16.4. The Labute approximate surface area is 161 Å². The van der Waals surface area contributed by atoms with Gasteiger partial charge in [0, 0.05) is 23.3 Å². The van der Waals surface area contributed by atoms with Crippen LogP contribution in [-0.4, -0.2) is 5.78 Å². The molecule has 5 heteroatoms. The average molecular weight is 330 g/mol. The zero-order valence-corrected chi connectivity index (χ0v) is 15.6. The van der Waals surface area contributed by atoms with Gasteiger partial charge in [0.1, 0.15) is 11.4 Å². The third kappa shape index (κ3) is 3.61. The van der Waals surface area contributed by atoms with Crippen molar-refractivity contribution in [1.82, 2.24) is 0 Å². The second kappa shape index (κ2) is 7.79. The van der Waals surface area contributed by atoms with Gasteiger partial charge in [-0.05, 0) is 18.6 Å². The summed E-state index contributed by atoms with van der Waals surface area (Å²) in [6.45, 7) is 1.45. The molecule has 1 heterocycles. The fraction of sp³-hybridized carbons (Fsp3) is 0.158. The number of rotatable bonds is 4. The Balaban J connectivity index is 0.00000208. The van der Waals surface area contributed by atoms with Crippen LogP contribution in [0.15, 0.2) is 63.8 Å². The van der Waals surface area contributed by atoms with Crippen LogP contribution in [0.4, 0.5) is 0 Å². The van der Waals surface area contributed by atoms with E-state index in [1.807, 2.05) is 30.3 Å². The van der Waals surface area contributed by atoms with E-state index < -0.39 is 11.5 Å². The first kappa shape index (κ1) is 18.5. The first-order valence-electron chi connectivity index (χ1n) is 7.35. The Hall–Kier alpha value is -1.88. The number of hydrogen-bond donors (Lipinski definition) is 0. The molecule has 0 aliphatic heterocycles. The average Bonchev–Trinajstić information content (AvgIpc) is 2.54. The first-order chi connectivity index (χ1) is 11.1. The van der Waals surface area contributed by atoms with Crippen molar-refractivity contribution in [2.45, 2.75) is 19.3 Å². The molecule has 24 heavy (non-hydrogen) atoms. The van der Waals surface area contributed by atoms with Crippen molar-refractivity contribution in [1.29, 1.82) is 0 Å². The summed E-state index contributed by atoms with van der Waals surface area (Å²) < 4.78 is 5.29. The number of carbonyl (C=O) groups is 1. The molecule has 0 N–H and O–H groups in total. The summed E-state index contributed by atoms with van der Waals surface area (Å²) in [5.41, 5.74) is 0.358. The quantitative estimate of drug-likeness (QED) is 0.498. The number of carbonyl (C=O) groups excluding carboxylic acids is 1. The molecule has 116 valence electrons. The van der Waals surface area contributed by atoms with Gasteiger partial charge in [0.05, 0.1) is 0 Å². The normalized spacial score (nSPS) is 11.7. The van der Waals surface area contributed by atoms with Gasteiger partial charge in [-0.2, -0.15) is 0 Å². The minimum atomic E-state index is -0.677. The smallest absolute Gasteiger partial charge is 0.872 e. The van der Waals surface area contributed by atoms with Crippen molar-refractivity contribution in [2.24, 2.45) is 0 Å². The molecule has 1 atom stereocenters. The van der Waals surface area contributed by atoms with Crippen LogP contribution in [0.2, 0.25) is 0 Å².